The molecule has 0 unspecified atom stereocenters. The van der Waals surface area contributed by atoms with Crippen molar-refractivity contribution in [3.05, 3.63) is 35.4 Å². The molecule has 0 saturated heterocycles. The van der Waals surface area contributed by atoms with E-state index in [4.69, 9.17) is 10.8 Å². The molecule has 0 aromatic heterocycles. The second-order valence-corrected chi connectivity index (χ2v) is 2.88. The molecule has 0 aliphatic carbocycles. The SMILES string of the molecule is N[C@H](c1ccccc1CO)C(F)(F)F. The normalized spacial score (nSPS) is 14.1. The zero-order valence-electron chi connectivity index (χ0n) is 7.25. The lowest BCUT2D eigenvalue weighted by Gasteiger charge is -2.18. The number of hydrogen-bond donors (Lipinski definition) is 2. The quantitative estimate of drug-likeness (QED) is 0.772. The lowest BCUT2D eigenvalue weighted by atomic mass is 10.0. The van der Waals surface area contributed by atoms with Crippen LogP contribution in [0.5, 0.6) is 0 Å². The van der Waals surface area contributed by atoms with Crippen LogP contribution in [-0.2, 0) is 6.61 Å². The molecular formula is C9H10F3NO. The summed E-state index contributed by atoms with van der Waals surface area (Å²) in [5, 5.41) is 8.81. The summed E-state index contributed by atoms with van der Waals surface area (Å²) in [5.41, 5.74) is 5.14. The summed E-state index contributed by atoms with van der Waals surface area (Å²) in [6.07, 6.45) is -4.48. The number of nitrogens with two attached hydrogens (primary N) is 1. The Balaban J connectivity index is 3.06. The van der Waals surface area contributed by atoms with Crippen molar-refractivity contribution in [1.82, 2.24) is 0 Å². The summed E-state index contributed by atoms with van der Waals surface area (Å²) in [6, 6.07) is 3.66. The van der Waals surface area contributed by atoms with Crippen LogP contribution in [0, 0.1) is 0 Å². The Morgan fingerprint density at radius 1 is 1.29 bits per heavy atom. The number of aliphatic hydroxyl groups excluding tert-OH is 1. The van der Waals surface area contributed by atoms with Gasteiger partial charge in [0.1, 0.15) is 6.04 Å². The molecule has 0 aliphatic heterocycles. The van der Waals surface area contributed by atoms with Crippen LogP contribution in [0.1, 0.15) is 17.2 Å². The first-order valence-corrected chi connectivity index (χ1v) is 3.97. The highest BCUT2D eigenvalue weighted by Gasteiger charge is 2.38. The van der Waals surface area contributed by atoms with Crippen LogP contribution in [0.3, 0.4) is 0 Å². The van der Waals surface area contributed by atoms with Gasteiger partial charge < -0.3 is 10.8 Å². The fourth-order valence-electron chi connectivity index (χ4n) is 1.16. The van der Waals surface area contributed by atoms with Crippen LogP contribution in [0.4, 0.5) is 13.2 Å². The molecule has 5 heteroatoms. The Morgan fingerprint density at radius 2 is 1.86 bits per heavy atom. The molecule has 0 bridgehead atoms. The maximum absolute atomic E-state index is 12.2. The highest BCUT2D eigenvalue weighted by molar-refractivity contribution is 5.30. The minimum atomic E-state index is -4.48. The molecule has 78 valence electrons. The number of benzene rings is 1. The lowest BCUT2D eigenvalue weighted by molar-refractivity contribution is -0.149. The fourth-order valence-corrected chi connectivity index (χ4v) is 1.16. The first-order chi connectivity index (χ1) is 6.46. The molecule has 1 rings (SSSR count). The van der Waals surface area contributed by atoms with Gasteiger partial charge in [0.15, 0.2) is 0 Å². The highest BCUT2D eigenvalue weighted by atomic mass is 19.4. The molecule has 0 radical (unpaired) electrons. The predicted molar refractivity (Wildman–Crippen MR) is 45.3 cm³/mol. The first-order valence-electron chi connectivity index (χ1n) is 3.97. The van der Waals surface area contributed by atoms with E-state index in [1.807, 2.05) is 0 Å². The van der Waals surface area contributed by atoms with Crippen molar-refractivity contribution < 1.29 is 18.3 Å². The van der Waals surface area contributed by atoms with Crippen LogP contribution >= 0.6 is 0 Å². The van der Waals surface area contributed by atoms with Crippen LogP contribution in [0.2, 0.25) is 0 Å². The zero-order valence-corrected chi connectivity index (χ0v) is 7.25. The van der Waals surface area contributed by atoms with Gasteiger partial charge >= 0.3 is 6.18 Å². The van der Waals surface area contributed by atoms with Gasteiger partial charge in [-0.3, -0.25) is 0 Å². The molecule has 1 aromatic rings. The summed E-state index contributed by atoms with van der Waals surface area (Å²) < 4.78 is 36.7. The van der Waals surface area contributed by atoms with E-state index in [1.165, 1.54) is 18.2 Å². The van der Waals surface area contributed by atoms with Gasteiger partial charge in [-0.05, 0) is 11.1 Å². The smallest absolute Gasteiger partial charge is 0.392 e. The maximum atomic E-state index is 12.2. The Morgan fingerprint density at radius 3 is 2.36 bits per heavy atom. The predicted octanol–water partition coefficient (Wildman–Crippen LogP) is 1.74. The molecule has 1 aromatic carbocycles. The zero-order chi connectivity index (χ0) is 10.8. The van der Waals surface area contributed by atoms with Crippen molar-refractivity contribution >= 4 is 0 Å². The third-order valence-corrected chi connectivity index (χ3v) is 1.91. The second kappa shape index (κ2) is 3.98. The molecule has 0 saturated carbocycles. The minimum Gasteiger partial charge on any atom is -0.392 e. The van der Waals surface area contributed by atoms with E-state index in [9.17, 15) is 13.2 Å². The minimum absolute atomic E-state index is 0.0810. The monoisotopic (exact) mass is 205 g/mol. The van der Waals surface area contributed by atoms with E-state index in [0.717, 1.165) is 0 Å². The van der Waals surface area contributed by atoms with Gasteiger partial charge in [-0.15, -0.1) is 0 Å². The van der Waals surface area contributed by atoms with Crippen molar-refractivity contribution in [2.45, 2.75) is 18.8 Å². The third kappa shape index (κ3) is 2.24. The van der Waals surface area contributed by atoms with E-state index in [2.05, 4.69) is 0 Å². The van der Waals surface area contributed by atoms with Crippen LogP contribution < -0.4 is 5.73 Å². The Labute approximate surface area is 79.2 Å². The maximum Gasteiger partial charge on any atom is 0.407 e. The molecular weight excluding hydrogens is 195 g/mol. The van der Waals surface area contributed by atoms with Gasteiger partial charge in [0.25, 0.3) is 0 Å². The average molecular weight is 205 g/mol. The van der Waals surface area contributed by atoms with Crippen molar-refractivity contribution in [2.24, 2.45) is 5.73 Å². The van der Waals surface area contributed by atoms with E-state index in [1.54, 1.807) is 6.07 Å². The average Bonchev–Trinajstić information content (AvgIpc) is 2.15. The molecule has 0 heterocycles. The van der Waals surface area contributed by atoms with E-state index in [0.29, 0.717) is 0 Å². The van der Waals surface area contributed by atoms with Crippen molar-refractivity contribution in [3.8, 4) is 0 Å². The number of halogens is 3. The molecule has 0 amide bonds. The molecule has 14 heavy (non-hydrogen) atoms. The van der Waals surface area contributed by atoms with E-state index < -0.39 is 18.8 Å². The Kier molecular flexibility index (Phi) is 3.13. The van der Waals surface area contributed by atoms with Gasteiger partial charge in [0.2, 0.25) is 0 Å². The summed E-state index contributed by atoms with van der Waals surface area (Å²) >= 11 is 0. The van der Waals surface area contributed by atoms with Crippen molar-refractivity contribution in [3.63, 3.8) is 0 Å². The van der Waals surface area contributed by atoms with Crippen LogP contribution in [-0.4, -0.2) is 11.3 Å². The summed E-state index contributed by atoms with van der Waals surface area (Å²) in [5.74, 6) is 0. The number of rotatable bonds is 2. The molecule has 3 N–H and O–H groups in total. The number of aliphatic hydroxyl groups is 1. The molecule has 0 aliphatic rings. The summed E-state index contributed by atoms with van der Waals surface area (Å²) in [4.78, 5) is 0. The topological polar surface area (TPSA) is 46.2 Å². The van der Waals surface area contributed by atoms with Gasteiger partial charge in [-0.25, -0.2) is 0 Å². The Hall–Kier alpha value is -1.07. The highest BCUT2D eigenvalue weighted by Crippen LogP contribution is 2.31. The largest absolute Gasteiger partial charge is 0.407 e. The van der Waals surface area contributed by atoms with Crippen molar-refractivity contribution in [2.75, 3.05) is 0 Å². The molecule has 0 spiro atoms. The first kappa shape index (κ1) is 11.0. The fraction of sp³-hybridized carbons (Fsp3) is 0.333. The number of alkyl halides is 3. The molecule has 0 fully saturated rings. The second-order valence-electron chi connectivity index (χ2n) is 2.88. The molecule has 1 atom stereocenters. The van der Waals surface area contributed by atoms with Crippen LogP contribution in [0.25, 0.3) is 0 Å². The van der Waals surface area contributed by atoms with Gasteiger partial charge in [-0.2, -0.15) is 13.2 Å². The van der Waals surface area contributed by atoms with Gasteiger partial charge in [0.05, 0.1) is 6.61 Å². The van der Waals surface area contributed by atoms with E-state index >= 15 is 0 Å². The summed E-state index contributed by atoms with van der Waals surface area (Å²) in [6.45, 7) is -0.444. The van der Waals surface area contributed by atoms with Gasteiger partial charge in [-0.1, -0.05) is 24.3 Å². The Bertz CT molecular complexity index is 311. The third-order valence-electron chi connectivity index (χ3n) is 1.91. The molecule has 2 nitrogen and oxygen atoms in total. The van der Waals surface area contributed by atoms with Crippen molar-refractivity contribution in [1.29, 1.82) is 0 Å². The van der Waals surface area contributed by atoms with Crippen LogP contribution in [0.15, 0.2) is 24.3 Å². The van der Waals surface area contributed by atoms with E-state index in [-0.39, 0.29) is 11.1 Å². The standard InChI is InChI=1S/C9H10F3NO/c10-9(11,12)8(13)7-4-2-1-3-6(7)5-14/h1-4,8,14H,5,13H2/t8-/m1/s1. The summed E-state index contributed by atoms with van der Waals surface area (Å²) in [7, 11) is 0. The number of hydrogen-bond acceptors (Lipinski definition) is 2. The van der Waals surface area contributed by atoms with Gasteiger partial charge in [0, 0.05) is 0 Å². The lowest BCUT2D eigenvalue weighted by Crippen LogP contribution is -2.29.